The number of aromatic nitrogens is 2. The summed E-state index contributed by atoms with van der Waals surface area (Å²) < 4.78 is 29.7. The molecular formula is C20H24ClN3O4S2. The van der Waals surface area contributed by atoms with Crippen molar-refractivity contribution in [1.82, 2.24) is 14.9 Å². The van der Waals surface area contributed by atoms with Crippen LogP contribution in [-0.4, -0.2) is 59.6 Å². The Morgan fingerprint density at radius 2 is 2.07 bits per heavy atom. The largest absolute Gasteiger partial charge is 0.494 e. The zero-order chi connectivity index (χ0) is 21.7. The Labute approximate surface area is 186 Å². The number of nitrogens with zero attached hydrogens (tertiary/aromatic N) is 3. The lowest BCUT2D eigenvalue weighted by Crippen LogP contribution is -2.41. The number of rotatable bonds is 8. The fraction of sp³-hybridized carbons (Fsp3) is 0.450. The molecule has 2 heterocycles. The Morgan fingerprint density at radius 1 is 1.33 bits per heavy atom. The standard InChI is InChI=1S/C20H24ClN3O4S2/c1-3-9-28-16-6-4-14(5-7-16)12-24(15-8-10-30(26,27)13-15)19(25)18-17(21)11-22-20(23-18)29-2/h4-7,11,15H,3,8-10,12-13H2,1-2H3/t15-/m1/s1. The van der Waals surface area contributed by atoms with Gasteiger partial charge in [-0.2, -0.15) is 0 Å². The normalized spacial score (nSPS) is 17.6. The molecule has 0 unspecified atom stereocenters. The van der Waals surface area contributed by atoms with Gasteiger partial charge in [-0.1, -0.05) is 42.4 Å². The Hall–Kier alpha value is -1.84. The van der Waals surface area contributed by atoms with E-state index in [9.17, 15) is 13.2 Å². The predicted octanol–water partition coefficient (Wildman–Crippen LogP) is 3.47. The van der Waals surface area contributed by atoms with E-state index >= 15 is 0 Å². The number of hydrogen-bond acceptors (Lipinski definition) is 7. The van der Waals surface area contributed by atoms with Gasteiger partial charge in [0.1, 0.15) is 5.75 Å². The van der Waals surface area contributed by atoms with Crippen LogP contribution in [0, 0.1) is 0 Å². The maximum Gasteiger partial charge on any atom is 0.274 e. The van der Waals surface area contributed by atoms with Gasteiger partial charge in [0.15, 0.2) is 20.7 Å². The molecule has 0 bridgehead atoms. The van der Waals surface area contributed by atoms with Crippen molar-refractivity contribution in [2.75, 3.05) is 24.4 Å². The fourth-order valence-electron chi connectivity index (χ4n) is 3.23. The van der Waals surface area contributed by atoms with Crippen LogP contribution in [0.2, 0.25) is 5.02 Å². The van der Waals surface area contributed by atoms with Gasteiger partial charge in [-0.3, -0.25) is 4.79 Å². The number of amides is 1. The summed E-state index contributed by atoms with van der Waals surface area (Å²) in [4.78, 5) is 23.3. The Bertz CT molecular complexity index is 1000. The van der Waals surface area contributed by atoms with Crippen molar-refractivity contribution in [1.29, 1.82) is 0 Å². The fourth-order valence-corrected chi connectivity index (χ4v) is 5.47. The number of sulfone groups is 1. The molecule has 1 amide bonds. The first-order valence-corrected chi connectivity index (χ1v) is 13.0. The number of hydrogen-bond donors (Lipinski definition) is 0. The van der Waals surface area contributed by atoms with Crippen molar-refractivity contribution < 1.29 is 17.9 Å². The van der Waals surface area contributed by atoms with Gasteiger partial charge >= 0.3 is 0 Å². The van der Waals surface area contributed by atoms with Crippen LogP contribution >= 0.6 is 23.4 Å². The minimum atomic E-state index is -3.17. The predicted molar refractivity (Wildman–Crippen MR) is 118 cm³/mol. The Balaban J connectivity index is 1.88. The highest BCUT2D eigenvalue weighted by atomic mass is 35.5. The molecule has 1 aromatic carbocycles. The van der Waals surface area contributed by atoms with Gasteiger partial charge in [-0.15, -0.1) is 0 Å². The number of carbonyl (C=O) groups excluding carboxylic acids is 1. The van der Waals surface area contributed by atoms with E-state index in [0.717, 1.165) is 17.7 Å². The van der Waals surface area contributed by atoms with E-state index in [1.165, 1.54) is 18.0 Å². The van der Waals surface area contributed by atoms with Gasteiger partial charge in [0, 0.05) is 12.6 Å². The first-order chi connectivity index (χ1) is 14.3. The molecule has 1 atom stereocenters. The van der Waals surface area contributed by atoms with Gasteiger partial charge in [0.25, 0.3) is 5.91 Å². The third-order valence-electron chi connectivity index (χ3n) is 4.77. The van der Waals surface area contributed by atoms with Crippen molar-refractivity contribution in [3.63, 3.8) is 0 Å². The van der Waals surface area contributed by atoms with E-state index in [1.807, 2.05) is 31.2 Å². The summed E-state index contributed by atoms with van der Waals surface area (Å²) >= 11 is 7.51. The summed E-state index contributed by atoms with van der Waals surface area (Å²) in [6.07, 6.45) is 4.51. The third kappa shape index (κ3) is 5.65. The molecule has 2 aromatic rings. The average Bonchev–Trinajstić information content (AvgIpc) is 3.10. The number of carbonyl (C=O) groups is 1. The molecular weight excluding hydrogens is 446 g/mol. The molecule has 1 fully saturated rings. The van der Waals surface area contributed by atoms with Crippen molar-refractivity contribution in [2.45, 2.75) is 37.5 Å². The molecule has 0 spiro atoms. The van der Waals surface area contributed by atoms with Crippen molar-refractivity contribution in [3.05, 3.63) is 46.7 Å². The highest BCUT2D eigenvalue weighted by molar-refractivity contribution is 7.98. The molecule has 3 rings (SSSR count). The summed E-state index contributed by atoms with van der Waals surface area (Å²) in [5, 5.41) is 0.575. The minimum Gasteiger partial charge on any atom is -0.494 e. The molecule has 0 saturated carbocycles. The SMILES string of the molecule is CCCOc1ccc(CN(C(=O)c2nc(SC)ncc2Cl)[C@@H]2CCS(=O)(=O)C2)cc1. The number of thioether (sulfide) groups is 1. The maximum atomic E-state index is 13.4. The Morgan fingerprint density at radius 3 is 2.67 bits per heavy atom. The summed E-state index contributed by atoms with van der Waals surface area (Å²) in [6.45, 7) is 2.92. The zero-order valence-corrected chi connectivity index (χ0v) is 19.3. The molecule has 10 heteroatoms. The minimum absolute atomic E-state index is 0.0610. The summed E-state index contributed by atoms with van der Waals surface area (Å²) in [5.41, 5.74) is 0.954. The molecule has 7 nitrogen and oxygen atoms in total. The smallest absolute Gasteiger partial charge is 0.274 e. The number of benzene rings is 1. The van der Waals surface area contributed by atoms with E-state index in [0.29, 0.717) is 18.2 Å². The summed E-state index contributed by atoms with van der Waals surface area (Å²) in [6, 6.07) is 7.03. The maximum absolute atomic E-state index is 13.4. The van der Waals surface area contributed by atoms with Gasteiger partial charge in [-0.05, 0) is 36.8 Å². The van der Waals surface area contributed by atoms with Crippen LogP contribution in [-0.2, 0) is 16.4 Å². The topological polar surface area (TPSA) is 89.5 Å². The lowest BCUT2D eigenvalue weighted by atomic mass is 10.1. The lowest BCUT2D eigenvalue weighted by molar-refractivity contribution is 0.0674. The molecule has 1 aliphatic heterocycles. The molecule has 30 heavy (non-hydrogen) atoms. The van der Waals surface area contributed by atoms with Crippen LogP contribution in [0.1, 0.15) is 35.8 Å². The molecule has 1 saturated heterocycles. The highest BCUT2D eigenvalue weighted by Gasteiger charge is 2.36. The molecule has 0 N–H and O–H groups in total. The van der Waals surface area contributed by atoms with Gasteiger partial charge in [0.2, 0.25) is 0 Å². The third-order valence-corrected chi connectivity index (χ3v) is 7.36. The zero-order valence-electron chi connectivity index (χ0n) is 16.9. The number of ether oxygens (including phenoxy) is 1. The van der Waals surface area contributed by atoms with Crippen LogP contribution in [0.25, 0.3) is 0 Å². The van der Waals surface area contributed by atoms with Gasteiger partial charge in [0.05, 0.1) is 29.3 Å². The molecule has 1 aliphatic rings. The Kier molecular flexibility index (Phi) is 7.60. The van der Waals surface area contributed by atoms with Crippen molar-refractivity contribution >= 4 is 39.1 Å². The van der Waals surface area contributed by atoms with Crippen LogP contribution in [0.5, 0.6) is 5.75 Å². The summed E-state index contributed by atoms with van der Waals surface area (Å²) in [7, 11) is -3.17. The second-order valence-corrected chi connectivity index (χ2v) is 10.4. The lowest BCUT2D eigenvalue weighted by Gasteiger charge is -2.28. The van der Waals surface area contributed by atoms with Crippen molar-refractivity contribution in [2.24, 2.45) is 0 Å². The van der Waals surface area contributed by atoms with E-state index in [2.05, 4.69) is 9.97 Å². The summed E-state index contributed by atoms with van der Waals surface area (Å²) in [5.74, 6) is 0.365. The van der Waals surface area contributed by atoms with E-state index in [-0.39, 0.29) is 28.8 Å². The average molecular weight is 470 g/mol. The van der Waals surface area contributed by atoms with E-state index in [4.69, 9.17) is 16.3 Å². The highest BCUT2D eigenvalue weighted by Crippen LogP contribution is 2.25. The van der Waals surface area contributed by atoms with Crippen LogP contribution in [0.3, 0.4) is 0 Å². The second-order valence-electron chi connectivity index (χ2n) is 7.04. The van der Waals surface area contributed by atoms with E-state index in [1.54, 1.807) is 11.2 Å². The van der Waals surface area contributed by atoms with Crippen LogP contribution in [0.15, 0.2) is 35.6 Å². The first-order valence-electron chi connectivity index (χ1n) is 9.62. The quantitative estimate of drug-likeness (QED) is 0.432. The molecule has 0 aliphatic carbocycles. The molecule has 162 valence electrons. The first kappa shape index (κ1) is 22.8. The number of halogens is 1. The second kappa shape index (κ2) is 9.98. The monoisotopic (exact) mass is 469 g/mol. The molecule has 1 aromatic heterocycles. The van der Waals surface area contributed by atoms with Crippen LogP contribution < -0.4 is 4.74 Å². The van der Waals surface area contributed by atoms with Crippen molar-refractivity contribution in [3.8, 4) is 5.75 Å². The molecule has 0 radical (unpaired) electrons. The van der Waals surface area contributed by atoms with Gasteiger partial charge < -0.3 is 9.64 Å². The van der Waals surface area contributed by atoms with Gasteiger partial charge in [-0.25, -0.2) is 18.4 Å². The van der Waals surface area contributed by atoms with E-state index < -0.39 is 21.8 Å². The van der Waals surface area contributed by atoms with Crippen LogP contribution in [0.4, 0.5) is 0 Å².